The van der Waals surface area contributed by atoms with Crippen LogP contribution in [0.2, 0.25) is 5.02 Å². The largest absolute Gasteiger partial charge is 0.493 e. The second-order valence-corrected chi connectivity index (χ2v) is 16.1. The maximum absolute atomic E-state index is 16.2. The molecule has 0 unspecified atom stereocenters. The van der Waals surface area contributed by atoms with Crippen LogP contribution in [0.3, 0.4) is 0 Å². The quantitative estimate of drug-likeness (QED) is 0.0968. The SMILES string of the molecule is [C-]#[N+]c1cc(C#N)cc(COc2cc(O[C@@H]3c4cccc(-c5cccc(OCCCN6CCC(C)(F)CC6)c5C)c4C[C@H]3F)c(Cl)cc2CN[C@H]2CCC(=O)NC2)c1. The topological polar surface area (TPSA) is 100 Å². The van der Waals surface area contributed by atoms with Gasteiger partial charge in [-0.1, -0.05) is 41.9 Å². The Hall–Kier alpha value is -5.20. The molecule has 3 aliphatic rings. The van der Waals surface area contributed by atoms with E-state index >= 15 is 4.39 Å². The van der Waals surface area contributed by atoms with Gasteiger partial charge < -0.3 is 29.7 Å². The number of nitrogens with one attached hydrogen (secondary N) is 2. The van der Waals surface area contributed by atoms with Crippen LogP contribution in [0, 0.1) is 24.8 Å². The Bertz CT molecular complexity index is 2180. The molecule has 3 atom stereocenters. The Kier molecular flexibility index (Phi) is 12.8. The average molecular weight is 808 g/mol. The van der Waals surface area contributed by atoms with Crippen molar-refractivity contribution in [1.29, 1.82) is 5.26 Å². The molecule has 0 saturated carbocycles. The number of nitrogens with zero attached hydrogens (tertiary/aromatic N) is 3. The molecular formula is C46H48ClF2N5O4. The van der Waals surface area contributed by atoms with Gasteiger partial charge in [0.05, 0.1) is 24.3 Å². The zero-order chi connectivity index (χ0) is 40.8. The van der Waals surface area contributed by atoms with Gasteiger partial charge in [-0.3, -0.25) is 4.79 Å². The minimum atomic E-state index is -1.34. The van der Waals surface area contributed by atoms with E-state index in [4.69, 9.17) is 32.4 Å². The number of ether oxygens (including phenoxy) is 3. The van der Waals surface area contributed by atoms with Crippen LogP contribution in [0.25, 0.3) is 16.0 Å². The molecule has 2 saturated heterocycles. The molecule has 2 N–H and O–H groups in total. The second kappa shape index (κ2) is 18.2. The zero-order valence-electron chi connectivity index (χ0n) is 32.9. The molecule has 2 aliphatic heterocycles. The first kappa shape index (κ1) is 41.0. The number of rotatable bonds is 14. The zero-order valence-corrected chi connectivity index (χ0v) is 33.6. The lowest BCUT2D eigenvalue weighted by molar-refractivity contribution is -0.122. The number of halogens is 3. The fourth-order valence-electron chi connectivity index (χ4n) is 8.05. The van der Waals surface area contributed by atoms with E-state index < -0.39 is 17.9 Å². The predicted octanol–water partition coefficient (Wildman–Crippen LogP) is 9.29. The normalized spacial score (nSPS) is 20.1. The van der Waals surface area contributed by atoms with Gasteiger partial charge in [0.25, 0.3) is 0 Å². The summed E-state index contributed by atoms with van der Waals surface area (Å²) in [5, 5.41) is 16.2. The maximum atomic E-state index is 16.2. The van der Waals surface area contributed by atoms with E-state index in [0.29, 0.717) is 73.0 Å². The van der Waals surface area contributed by atoms with E-state index in [-0.39, 0.29) is 30.7 Å². The number of hydrogen-bond acceptors (Lipinski definition) is 7. The molecule has 1 aliphatic carbocycles. The number of alkyl halides is 2. The van der Waals surface area contributed by atoms with Crippen LogP contribution >= 0.6 is 11.6 Å². The monoisotopic (exact) mass is 807 g/mol. The standard InChI is InChI=1S/C46H48ClF2N5O4/c1-29-35(7-5-10-41(29)56-18-6-15-54-16-13-46(2,49)14-17-54)36-8-4-9-37-38(36)23-40(48)45(37)58-43-24-42(57-28-31-19-30(25-50)20-34(21-31)51-3)32(22-39(43)47)26-52-33-11-12-44(55)53-27-33/h4-5,7-10,19-22,24,33,40,45,52H,6,11-18,23,26-28H2,1-2H3,(H,53,55)/t33-,40+,45+/m0/s1. The maximum Gasteiger partial charge on any atom is 0.220 e. The van der Waals surface area contributed by atoms with Crippen molar-refractivity contribution in [2.24, 2.45) is 0 Å². The molecule has 4 aromatic rings. The predicted molar refractivity (Wildman–Crippen MR) is 220 cm³/mol. The van der Waals surface area contributed by atoms with Gasteiger partial charge in [-0.25, -0.2) is 13.6 Å². The summed E-state index contributed by atoms with van der Waals surface area (Å²) in [6, 6.07) is 22.2. The minimum Gasteiger partial charge on any atom is -0.493 e. The lowest BCUT2D eigenvalue weighted by Crippen LogP contribution is -2.45. The first-order valence-corrected chi connectivity index (χ1v) is 20.3. The highest BCUT2D eigenvalue weighted by atomic mass is 35.5. The third-order valence-corrected chi connectivity index (χ3v) is 11.7. The Balaban J connectivity index is 1.09. The van der Waals surface area contributed by atoms with Crippen LogP contribution in [0.15, 0.2) is 66.7 Å². The molecule has 4 aromatic carbocycles. The summed E-state index contributed by atoms with van der Waals surface area (Å²) in [5.74, 6) is 1.52. The minimum absolute atomic E-state index is 0.0267. The van der Waals surface area contributed by atoms with Gasteiger partial charge in [-0.05, 0) is 103 Å². The number of benzene rings is 4. The molecular weight excluding hydrogens is 760 g/mol. The molecule has 12 heteroatoms. The number of fused-ring (bicyclic) bond motifs is 1. The number of carbonyl (C=O) groups excluding carboxylic acids is 1. The fraction of sp³-hybridized carbons (Fsp3) is 0.413. The van der Waals surface area contributed by atoms with E-state index in [0.717, 1.165) is 65.2 Å². The van der Waals surface area contributed by atoms with Crippen molar-refractivity contribution >= 4 is 23.2 Å². The summed E-state index contributed by atoms with van der Waals surface area (Å²) in [5.41, 5.74) is 5.46. The third kappa shape index (κ3) is 9.73. The van der Waals surface area contributed by atoms with Crippen LogP contribution in [-0.4, -0.2) is 61.5 Å². The number of nitriles is 1. The Morgan fingerprint density at radius 1 is 1.07 bits per heavy atom. The first-order valence-electron chi connectivity index (χ1n) is 19.9. The third-order valence-electron chi connectivity index (χ3n) is 11.4. The molecule has 0 radical (unpaired) electrons. The summed E-state index contributed by atoms with van der Waals surface area (Å²) in [6.45, 7) is 15.0. The van der Waals surface area contributed by atoms with Crippen molar-refractivity contribution in [3.8, 4) is 34.4 Å². The van der Waals surface area contributed by atoms with E-state index in [2.05, 4.69) is 26.4 Å². The van der Waals surface area contributed by atoms with Crippen molar-refractivity contribution in [2.75, 3.05) is 32.8 Å². The van der Waals surface area contributed by atoms with E-state index in [9.17, 15) is 14.4 Å². The molecule has 1 amide bonds. The van der Waals surface area contributed by atoms with E-state index in [1.165, 1.54) is 6.07 Å². The first-order chi connectivity index (χ1) is 28.0. The van der Waals surface area contributed by atoms with Crippen LogP contribution in [0.5, 0.6) is 17.2 Å². The highest BCUT2D eigenvalue weighted by Gasteiger charge is 2.37. The molecule has 0 aromatic heterocycles. The van der Waals surface area contributed by atoms with Crippen molar-refractivity contribution < 1.29 is 27.8 Å². The smallest absolute Gasteiger partial charge is 0.220 e. The molecule has 7 rings (SSSR count). The molecule has 2 fully saturated rings. The number of piperidine rings is 2. The van der Waals surface area contributed by atoms with Crippen LogP contribution < -0.4 is 24.8 Å². The number of likely N-dealkylation sites (tertiary alicyclic amines) is 1. The Morgan fingerprint density at radius 2 is 1.86 bits per heavy atom. The van der Waals surface area contributed by atoms with Gasteiger partial charge in [0.15, 0.2) is 11.8 Å². The van der Waals surface area contributed by atoms with Gasteiger partial charge in [-0.2, -0.15) is 5.26 Å². The van der Waals surface area contributed by atoms with E-state index in [1.54, 1.807) is 31.2 Å². The highest BCUT2D eigenvalue weighted by molar-refractivity contribution is 6.32. The summed E-state index contributed by atoms with van der Waals surface area (Å²) in [7, 11) is 0. The van der Waals surface area contributed by atoms with Crippen LogP contribution in [-0.2, 0) is 24.4 Å². The van der Waals surface area contributed by atoms with Crippen molar-refractivity contribution in [2.45, 2.75) is 89.5 Å². The second-order valence-electron chi connectivity index (χ2n) is 15.7. The highest BCUT2D eigenvalue weighted by Crippen LogP contribution is 2.45. The van der Waals surface area contributed by atoms with Gasteiger partial charge in [0.2, 0.25) is 5.91 Å². The van der Waals surface area contributed by atoms with Gasteiger partial charge >= 0.3 is 0 Å². The van der Waals surface area contributed by atoms with Crippen molar-refractivity contribution in [1.82, 2.24) is 15.5 Å². The molecule has 58 heavy (non-hydrogen) atoms. The molecule has 302 valence electrons. The Morgan fingerprint density at radius 3 is 2.62 bits per heavy atom. The number of hydrogen-bond donors (Lipinski definition) is 2. The molecule has 0 bridgehead atoms. The van der Waals surface area contributed by atoms with Crippen molar-refractivity contribution in [3.05, 3.63) is 117 Å². The molecule has 0 spiro atoms. The van der Waals surface area contributed by atoms with Crippen LogP contribution in [0.4, 0.5) is 14.5 Å². The van der Waals surface area contributed by atoms with Crippen molar-refractivity contribution in [3.63, 3.8) is 0 Å². The van der Waals surface area contributed by atoms with Gasteiger partial charge in [0, 0.05) is 68.8 Å². The number of amides is 1. The lowest BCUT2D eigenvalue weighted by atomic mass is 9.93. The lowest BCUT2D eigenvalue weighted by Gasteiger charge is -2.34. The van der Waals surface area contributed by atoms with Crippen LogP contribution in [0.1, 0.15) is 78.5 Å². The Labute approximate surface area is 344 Å². The summed E-state index contributed by atoms with van der Waals surface area (Å²) in [6.07, 6.45) is 0.977. The summed E-state index contributed by atoms with van der Waals surface area (Å²) >= 11 is 6.88. The molecule has 9 nitrogen and oxygen atoms in total. The molecule has 2 heterocycles. The average Bonchev–Trinajstić information content (AvgIpc) is 3.54. The van der Waals surface area contributed by atoms with Gasteiger partial charge in [0.1, 0.15) is 35.7 Å². The fourth-order valence-corrected chi connectivity index (χ4v) is 8.28. The summed E-state index contributed by atoms with van der Waals surface area (Å²) < 4.78 is 49.4. The number of carbonyl (C=O) groups is 1. The van der Waals surface area contributed by atoms with Gasteiger partial charge in [-0.15, -0.1) is 0 Å². The van der Waals surface area contributed by atoms with E-state index in [1.807, 2.05) is 43.3 Å². The summed E-state index contributed by atoms with van der Waals surface area (Å²) in [4.78, 5) is 17.5.